The molecule has 5 nitrogen and oxygen atoms in total. The van der Waals surface area contributed by atoms with Crippen molar-refractivity contribution in [1.82, 2.24) is 0 Å². The minimum absolute atomic E-state index is 0.0287. The van der Waals surface area contributed by atoms with Crippen molar-refractivity contribution in [2.45, 2.75) is 45.3 Å². The summed E-state index contributed by atoms with van der Waals surface area (Å²) in [6.07, 6.45) is 4.76. The van der Waals surface area contributed by atoms with Gasteiger partial charge in [-0.25, -0.2) is 0 Å². The van der Waals surface area contributed by atoms with Crippen LogP contribution in [0.2, 0.25) is 0 Å². The van der Waals surface area contributed by atoms with E-state index in [9.17, 15) is 9.59 Å². The molecule has 0 unspecified atom stereocenters. The number of rotatable bonds is 5. The molecule has 0 aromatic carbocycles. The summed E-state index contributed by atoms with van der Waals surface area (Å²) in [6.45, 7) is 3.36. The van der Waals surface area contributed by atoms with Gasteiger partial charge in [-0.2, -0.15) is 0 Å². The van der Waals surface area contributed by atoms with E-state index >= 15 is 0 Å². The van der Waals surface area contributed by atoms with Gasteiger partial charge in [0, 0.05) is 19.8 Å². The normalized spacial score (nSPS) is 23.9. The topological polar surface area (TPSA) is 61.8 Å². The van der Waals surface area contributed by atoms with E-state index < -0.39 is 0 Å². The molecule has 0 saturated carbocycles. The van der Waals surface area contributed by atoms with Gasteiger partial charge in [0.2, 0.25) is 0 Å². The molecular weight excluding hydrogens is 236 g/mol. The molecule has 0 saturated heterocycles. The van der Waals surface area contributed by atoms with E-state index in [2.05, 4.69) is 4.74 Å². The number of carbonyl (C=O) groups is 2. The van der Waals surface area contributed by atoms with Crippen LogP contribution >= 0.6 is 0 Å². The molecule has 0 aromatic heterocycles. The van der Waals surface area contributed by atoms with E-state index in [0.717, 1.165) is 6.42 Å². The molecule has 1 rings (SSSR count). The summed E-state index contributed by atoms with van der Waals surface area (Å²) in [7, 11) is 1.38. The van der Waals surface area contributed by atoms with Crippen LogP contribution in [-0.2, 0) is 23.8 Å². The van der Waals surface area contributed by atoms with Crippen LogP contribution in [0.5, 0.6) is 0 Å². The average Bonchev–Trinajstić information content (AvgIpc) is 2.28. The highest BCUT2D eigenvalue weighted by Crippen LogP contribution is 2.22. The van der Waals surface area contributed by atoms with Crippen molar-refractivity contribution in [1.29, 1.82) is 0 Å². The predicted molar refractivity (Wildman–Crippen MR) is 64.6 cm³/mol. The molecule has 0 radical (unpaired) electrons. The number of hydrogen-bond acceptors (Lipinski definition) is 5. The van der Waals surface area contributed by atoms with Gasteiger partial charge in [-0.3, -0.25) is 9.59 Å². The zero-order chi connectivity index (χ0) is 13.5. The fourth-order valence-electron chi connectivity index (χ4n) is 1.99. The fourth-order valence-corrected chi connectivity index (χ4v) is 1.99. The van der Waals surface area contributed by atoms with Crippen molar-refractivity contribution in [3.05, 3.63) is 12.3 Å². The summed E-state index contributed by atoms with van der Waals surface area (Å²) < 4.78 is 15.2. The van der Waals surface area contributed by atoms with Gasteiger partial charge in [-0.1, -0.05) is 6.92 Å². The largest absolute Gasteiger partial charge is 0.498 e. The van der Waals surface area contributed by atoms with Crippen LogP contribution < -0.4 is 0 Å². The van der Waals surface area contributed by atoms with Crippen LogP contribution in [0.25, 0.3) is 0 Å². The molecule has 0 spiro atoms. The molecule has 3 atom stereocenters. The number of ether oxygens (including phenoxy) is 3. The Hall–Kier alpha value is -1.52. The molecule has 102 valence electrons. The number of carbonyl (C=O) groups excluding carboxylic acids is 2. The second kappa shape index (κ2) is 7.03. The lowest BCUT2D eigenvalue weighted by molar-refractivity contribution is -0.146. The van der Waals surface area contributed by atoms with Crippen LogP contribution in [0, 0.1) is 5.92 Å². The highest BCUT2D eigenvalue weighted by molar-refractivity contribution is 5.69. The van der Waals surface area contributed by atoms with Crippen molar-refractivity contribution in [2.24, 2.45) is 5.92 Å². The first kappa shape index (κ1) is 14.5. The smallest absolute Gasteiger partial charge is 0.305 e. The van der Waals surface area contributed by atoms with E-state index in [1.54, 1.807) is 12.3 Å². The fraction of sp³-hybridized carbons (Fsp3) is 0.692. The lowest BCUT2D eigenvalue weighted by Gasteiger charge is -2.26. The standard InChI is InChI=1S/C13H20O5/c1-9(7-13(15)16-3)6-12-8-11(4-5-17-12)18-10(2)14/h4-5,9,11-12H,6-8H2,1-3H3/t9-,11-,12-/m1/s1. The molecule has 1 heterocycles. The Morgan fingerprint density at radius 1 is 1.50 bits per heavy atom. The lowest BCUT2D eigenvalue weighted by Crippen LogP contribution is -2.27. The maximum absolute atomic E-state index is 11.1. The van der Waals surface area contributed by atoms with Crippen molar-refractivity contribution in [3.8, 4) is 0 Å². The molecule has 18 heavy (non-hydrogen) atoms. The van der Waals surface area contributed by atoms with Gasteiger partial charge in [0.15, 0.2) is 0 Å². The van der Waals surface area contributed by atoms with E-state index in [1.807, 2.05) is 6.92 Å². The maximum Gasteiger partial charge on any atom is 0.305 e. The Labute approximate surface area is 107 Å². The Bertz CT molecular complexity index is 323. The van der Waals surface area contributed by atoms with Crippen LogP contribution in [0.3, 0.4) is 0 Å². The van der Waals surface area contributed by atoms with Gasteiger partial charge in [0.05, 0.1) is 13.4 Å². The second-order valence-corrected chi connectivity index (χ2v) is 4.59. The zero-order valence-electron chi connectivity index (χ0n) is 11.0. The number of esters is 2. The van der Waals surface area contributed by atoms with Crippen molar-refractivity contribution < 1.29 is 23.8 Å². The quantitative estimate of drug-likeness (QED) is 0.702. The van der Waals surface area contributed by atoms with Gasteiger partial charge < -0.3 is 14.2 Å². The first-order valence-corrected chi connectivity index (χ1v) is 6.07. The Morgan fingerprint density at radius 2 is 2.22 bits per heavy atom. The minimum atomic E-state index is -0.298. The van der Waals surface area contributed by atoms with E-state index in [4.69, 9.17) is 9.47 Å². The van der Waals surface area contributed by atoms with Gasteiger partial charge in [0.25, 0.3) is 0 Å². The van der Waals surface area contributed by atoms with Crippen LogP contribution in [0.4, 0.5) is 0 Å². The Morgan fingerprint density at radius 3 is 2.83 bits per heavy atom. The third-order valence-electron chi connectivity index (χ3n) is 2.78. The minimum Gasteiger partial charge on any atom is -0.498 e. The van der Waals surface area contributed by atoms with Crippen LogP contribution in [-0.4, -0.2) is 31.3 Å². The lowest BCUT2D eigenvalue weighted by atomic mass is 9.96. The van der Waals surface area contributed by atoms with Crippen LogP contribution in [0.15, 0.2) is 12.3 Å². The molecule has 0 aliphatic carbocycles. The van der Waals surface area contributed by atoms with Gasteiger partial charge in [-0.15, -0.1) is 0 Å². The highest BCUT2D eigenvalue weighted by atomic mass is 16.5. The molecule has 1 aliphatic rings. The number of hydrogen-bond donors (Lipinski definition) is 0. The first-order chi connectivity index (χ1) is 8.51. The summed E-state index contributed by atoms with van der Waals surface area (Å²) in [5.74, 6) is -0.342. The summed E-state index contributed by atoms with van der Waals surface area (Å²) >= 11 is 0. The van der Waals surface area contributed by atoms with Crippen molar-refractivity contribution >= 4 is 11.9 Å². The molecule has 0 bridgehead atoms. The second-order valence-electron chi connectivity index (χ2n) is 4.59. The van der Waals surface area contributed by atoms with E-state index in [-0.39, 0.29) is 30.1 Å². The molecule has 0 N–H and O–H groups in total. The highest BCUT2D eigenvalue weighted by Gasteiger charge is 2.24. The van der Waals surface area contributed by atoms with Crippen molar-refractivity contribution in [2.75, 3.05) is 7.11 Å². The maximum atomic E-state index is 11.1. The molecule has 0 amide bonds. The SMILES string of the molecule is COC(=O)C[C@H](C)C[C@@H]1C[C@H](OC(C)=O)C=CO1. The molecule has 0 fully saturated rings. The third-order valence-corrected chi connectivity index (χ3v) is 2.78. The Kier molecular flexibility index (Phi) is 5.68. The summed E-state index contributed by atoms with van der Waals surface area (Å²) in [5, 5.41) is 0. The summed E-state index contributed by atoms with van der Waals surface area (Å²) in [5.41, 5.74) is 0. The molecule has 0 aromatic rings. The van der Waals surface area contributed by atoms with E-state index in [0.29, 0.717) is 12.8 Å². The van der Waals surface area contributed by atoms with Gasteiger partial charge >= 0.3 is 11.9 Å². The number of methoxy groups -OCH3 is 1. The van der Waals surface area contributed by atoms with Gasteiger partial charge in [-0.05, 0) is 18.4 Å². The van der Waals surface area contributed by atoms with Gasteiger partial charge in [0.1, 0.15) is 12.2 Å². The molecule has 1 aliphatic heterocycles. The third kappa shape index (κ3) is 5.21. The summed E-state index contributed by atoms with van der Waals surface area (Å²) in [6, 6.07) is 0. The molecule has 5 heteroatoms. The monoisotopic (exact) mass is 256 g/mol. The summed E-state index contributed by atoms with van der Waals surface area (Å²) in [4.78, 5) is 22.0. The predicted octanol–water partition coefficient (Wildman–Crippen LogP) is 1.81. The molecular formula is C13H20O5. The Balaban J connectivity index is 2.37. The van der Waals surface area contributed by atoms with Crippen LogP contribution in [0.1, 0.15) is 33.1 Å². The first-order valence-electron chi connectivity index (χ1n) is 6.07. The average molecular weight is 256 g/mol. The van der Waals surface area contributed by atoms with Crippen molar-refractivity contribution in [3.63, 3.8) is 0 Å². The van der Waals surface area contributed by atoms with E-state index in [1.165, 1.54) is 14.0 Å². The zero-order valence-corrected chi connectivity index (χ0v) is 11.0.